The Kier molecular flexibility index (Phi) is 3.72. The number of aromatic nitrogens is 3. The maximum absolute atomic E-state index is 8.97. The molecule has 5 nitrogen and oxygen atoms in total. The second-order valence-electron chi connectivity index (χ2n) is 5.12. The summed E-state index contributed by atoms with van der Waals surface area (Å²) in [5.41, 5.74) is 1.62. The summed E-state index contributed by atoms with van der Waals surface area (Å²) < 4.78 is 0. The third-order valence-corrected chi connectivity index (χ3v) is 2.87. The van der Waals surface area contributed by atoms with Crippen LogP contribution in [0.1, 0.15) is 20.3 Å². The fourth-order valence-corrected chi connectivity index (χ4v) is 1.67. The van der Waals surface area contributed by atoms with Gasteiger partial charge in [0.2, 0.25) is 5.95 Å². The first-order valence-corrected chi connectivity index (χ1v) is 6.05. The van der Waals surface area contributed by atoms with Crippen molar-refractivity contribution in [3.05, 3.63) is 24.3 Å². The van der Waals surface area contributed by atoms with E-state index in [1.165, 1.54) is 0 Å². The number of hydrogen-bond donors (Lipinski definition) is 2. The van der Waals surface area contributed by atoms with Gasteiger partial charge in [0.15, 0.2) is 0 Å². The Labute approximate surface area is 106 Å². The number of fused-ring (bicyclic) bond motifs is 1. The van der Waals surface area contributed by atoms with Crippen LogP contribution < -0.4 is 5.32 Å². The minimum atomic E-state index is 0.00373. The van der Waals surface area contributed by atoms with Crippen LogP contribution in [0.5, 0.6) is 0 Å². The molecule has 5 heteroatoms. The fraction of sp³-hybridized carbons (Fsp3) is 0.462. The van der Waals surface area contributed by atoms with Gasteiger partial charge in [0.25, 0.3) is 0 Å². The molecule has 2 rings (SSSR count). The quantitative estimate of drug-likeness (QED) is 0.842. The lowest BCUT2D eigenvalue weighted by Crippen LogP contribution is -2.25. The highest BCUT2D eigenvalue weighted by atomic mass is 16.3. The molecule has 0 aliphatic rings. The van der Waals surface area contributed by atoms with Crippen LogP contribution in [0, 0.1) is 5.41 Å². The van der Waals surface area contributed by atoms with E-state index in [-0.39, 0.29) is 12.0 Å². The van der Waals surface area contributed by atoms with Gasteiger partial charge in [-0.05, 0) is 24.0 Å². The second-order valence-corrected chi connectivity index (χ2v) is 5.12. The van der Waals surface area contributed by atoms with Crippen LogP contribution in [0.4, 0.5) is 5.95 Å². The van der Waals surface area contributed by atoms with Crippen LogP contribution in [-0.4, -0.2) is 33.4 Å². The Morgan fingerprint density at radius 3 is 2.61 bits per heavy atom. The van der Waals surface area contributed by atoms with Crippen molar-refractivity contribution in [2.75, 3.05) is 18.5 Å². The highest BCUT2D eigenvalue weighted by Gasteiger charge is 2.17. The van der Waals surface area contributed by atoms with E-state index in [4.69, 9.17) is 5.11 Å². The van der Waals surface area contributed by atoms with Crippen molar-refractivity contribution in [2.45, 2.75) is 20.3 Å². The molecular weight excluding hydrogens is 228 g/mol. The normalized spacial score (nSPS) is 11.7. The van der Waals surface area contributed by atoms with Crippen molar-refractivity contribution < 1.29 is 5.11 Å². The molecule has 18 heavy (non-hydrogen) atoms. The summed E-state index contributed by atoms with van der Waals surface area (Å²) in [6, 6.07) is 7.63. The number of aliphatic hydroxyl groups excluding tert-OH is 1. The molecule has 0 saturated heterocycles. The van der Waals surface area contributed by atoms with Gasteiger partial charge in [-0.15, -0.1) is 10.2 Å². The van der Waals surface area contributed by atoms with Crippen molar-refractivity contribution in [2.24, 2.45) is 5.41 Å². The molecular formula is C13H18N4O. The van der Waals surface area contributed by atoms with Gasteiger partial charge in [0.05, 0.1) is 5.52 Å². The van der Waals surface area contributed by atoms with Crippen LogP contribution in [-0.2, 0) is 0 Å². The van der Waals surface area contributed by atoms with Gasteiger partial charge >= 0.3 is 0 Å². The average Bonchev–Trinajstić information content (AvgIpc) is 2.36. The molecule has 0 radical (unpaired) electrons. The first-order chi connectivity index (χ1) is 8.61. The summed E-state index contributed by atoms with van der Waals surface area (Å²) in [7, 11) is 0. The fourth-order valence-electron chi connectivity index (χ4n) is 1.67. The largest absolute Gasteiger partial charge is 0.396 e. The number of nitrogens with one attached hydrogen (secondary N) is 1. The molecule has 0 unspecified atom stereocenters. The van der Waals surface area contributed by atoms with E-state index < -0.39 is 0 Å². The molecule has 0 fully saturated rings. The molecule has 0 aliphatic heterocycles. The number of hydrogen-bond acceptors (Lipinski definition) is 5. The lowest BCUT2D eigenvalue weighted by molar-refractivity contribution is 0.220. The molecule has 96 valence electrons. The second kappa shape index (κ2) is 5.27. The highest BCUT2D eigenvalue weighted by Crippen LogP contribution is 2.19. The van der Waals surface area contributed by atoms with Crippen molar-refractivity contribution in [3.63, 3.8) is 0 Å². The van der Waals surface area contributed by atoms with E-state index in [9.17, 15) is 0 Å². The van der Waals surface area contributed by atoms with Crippen molar-refractivity contribution in [1.29, 1.82) is 0 Å². The molecule has 1 heterocycles. The van der Waals surface area contributed by atoms with Gasteiger partial charge < -0.3 is 10.4 Å². The summed E-state index contributed by atoms with van der Waals surface area (Å²) in [5, 5.41) is 20.3. The molecule has 0 bridgehead atoms. The average molecular weight is 246 g/mol. The van der Waals surface area contributed by atoms with Crippen molar-refractivity contribution in [3.8, 4) is 0 Å². The topological polar surface area (TPSA) is 70.9 Å². The van der Waals surface area contributed by atoms with E-state index in [1.54, 1.807) is 0 Å². The third-order valence-electron chi connectivity index (χ3n) is 2.87. The van der Waals surface area contributed by atoms with Gasteiger partial charge in [-0.1, -0.05) is 26.0 Å². The molecule has 0 saturated carbocycles. The number of aliphatic hydroxyl groups is 1. The smallest absolute Gasteiger partial charge is 0.243 e. The van der Waals surface area contributed by atoms with E-state index in [0.717, 1.165) is 17.5 Å². The summed E-state index contributed by atoms with van der Waals surface area (Å²) >= 11 is 0. The van der Waals surface area contributed by atoms with Gasteiger partial charge in [-0.25, -0.2) is 4.98 Å². The molecule has 0 spiro atoms. The third kappa shape index (κ3) is 3.13. The number of rotatable bonds is 5. The molecule has 0 amide bonds. The first-order valence-electron chi connectivity index (χ1n) is 6.05. The minimum absolute atomic E-state index is 0.00373. The number of anilines is 1. The molecule has 2 N–H and O–H groups in total. The number of nitrogens with zero attached hydrogens (tertiary/aromatic N) is 3. The van der Waals surface area contributed by atoms with Crippen LogP contribution in [0.3, 0.4) is 0 Å². The zero-order valence-electron chi connectivity index (χ0n) is 10.7. The lowest BCUT2D eigenvalue weighted by atomic mass is 9.90. The van der Waals surface area contributed by atoms with Crippen LogP contribution >= 0.6 is 0 Å². The molecule has 2 aromatic rings. The molecule has 0 atom stereocenters. The lowest BCUT2D eigenvalue weighted by Gasteiger charge is -2.23. The maximum Gasteiger partial charge on any atom is 0.243 e. The van der Waals surface area contributed by atoms with E-state index in [2.05, 4.69) is 34.3 Å². The minimum Gasteiger partial charge on any atom is -0.396 e. The van der Waals surface area contributed by atoms with Gasteiger partial charge in [-0.3, -0.25) is 0 Å². The van der Waals surface area contributed by atoms with E-state index in [1.807, 2.05) is 24.3 Å². The monoisotopic (exact) mass is 246 g/mol. The van der Waals surface area contributed by atoms with Gasteiger partial charge in [-0.2, -0.15) is 0 Å². The van der Waals surface area contributed by atoms with Gasteiger partial charge in [0.1, 0.15) is 5.52 Å². The molecule has 1 aromatic heterocycles. The predicted molar refractivity (Wildman–Crippen MR) is 71.3 cm³/mol. The molecule has 0 aliphatic carbocycles. The van der Waals surface area contributed by atoms with E-state index >= 15 is 0 Å². The Hall–Kier alpha value is -1.75. The van der Waals surface area contributed by atoms with Crippen molar-refractivity contribution in [1.82, 2.24) is 15.2 Å². The van der Waals surface area contributed by atoms with Crippen LogP contribution in [0.2, 0.25) is 0 Å². The van der Waals surface area contributed by atoms with E-state index in [0.29, 0.717) is 12.5 Å². The summed E-state index contributed by atoms with van der Waals surface area (Å²) in [6.45, 7) is 5.06. The zero-order valence-corrected chi connectivity index (χ0v) is 10.7. The number of para-hydroxylation sites is 1. The first kappa shape index (κ1) is 12.7. The maximum atomic E-state index is 8.97. The number of benzene rings is 1. The van der Waals surface area contributed by atoms with Crippen LogP contribution in [0.15, 0.2) is 24.3 Å². The van der Waals surface area contributed by atoms with Crippen molar-refractivity contribution >= 4 is 17.0 Å². The summed E-state index contributed by atoms with van der Waals surface area (Å²) in [6.07, 6.45) is 0.737. The highest BCUT2D eigenvalue weighted by molar-refractivity contribution is 5.73. The predicted octanol–water partition coefficient (Wildman–Crippen LogP) is 1.85. The Bertz CT molecular complexity index is 527. The summed E-state index contributed by atoms with van der Waals surface area (Å²) in [5.74, 6) is 0.528. The zero-order chi connectivity index (χ0) is 13.0. The SMILES string of the molecule is CC(C)(CCO)CNc1nnc2ccccc2n1. The van der Waals surface area contributed by atoms with Gasteiger partial charge in [0, 0.05) is 13.2 Å². The Balaban J connectivity index is 2.08. The Morgan fingerprint density at radius 2 is 1.89 bits per heavy atom. The van der Waals surface area contributed by atoms with Crippen LogP contribution in [0.25, 0.3) is 11.0 Å². The summed E-state index contributed by atoms with van der Waals surface area (Å²) in [4.78, 5) is 4.39. The Morgan fingerprint density at radius 1 is 1.17 bits per heavy atom. The molecule has 1 aromatic carbocycles. The standard InChI is InChI=1S/C13H18N4O/c1-13(2,7-8-18)9-14-12-15-10-5-3-4-6-11(10)16-17-12/h3-6,18H,7-9H2,1-2H3,(H,14,15,17).